The van der Waals surface area contributed by atoms with Crippen LogP contribution in [0.15, 0.2) is 53.6 Å². The second kappa shape index (κ2) is 6.33. The van der Waals surface area contributed by atoms with E-state index in [1.807, 2.05) is 0 Å². The van der Waals surface area contributed by atoms with Crippen LogP contribution in [0.1, 0.15) is 0 Å². The molecule has 3 rings (SSSR count). The summed E-state index contributed by atoms with van der Waals surface area (Å²) in [5.74, 6) is 0.979. The molecule has 8 heteroatoms. The first-order valence-corrected chi connectivity index (χ1v) is 7.31. The van der Waals surface area contributed by atoms with Crippen molar-refractivity contribution >= 4 is 21.8 Å². The largest absolute Gasteiger partial charge is 0.480 e. The van der Waals surface area contributed by atoms with E-state index in [-0.39, 0.29) is 17.4 Å². The molecule has 0 saturated carbocycles. The zero-order chi connectivity index (χ0) is 15.3. The van der Waals surface area contributed by atoms with Crippen LogP contribution in [0, 0.1) is 0 Å². The van der Waals surface area contributed by atoms with Crippen molar-refractivity contribution in [2.24, 2.45) is 0 Å². The summed E-state index contributed by atoms with van der Waals surface area (Å²) >= 11 is 0. The molecular formula is C13H12N2O5S. The molecule has 0 atom stereocenters. The van der Waals surface area contributed by atoms with Gasteiger partial charge in [0.25, 0.3) is 16.0 Å². The van der Waals surface area contributed by atoms with Crippen molar-refractivity contribution < 1.29 is 22.5 Å². The Morgan fingerprint density at radius 2 is 1.86 bits per heavy atom. The summed E-state index contributed by atoms with van der Waals surface area (Å²) in [4.78, 5) is 14.6. The van der Waals surface area contributed by atoms with Crippen molar-refractivity contribution in [3.63, 3.8) is 0 Å². The topological polar surface area (TPSA) is 106 Å². The molecule has 0 unspecified atom stereocenters. The van der Waals surface area contributed by atoms with Crippen LogP contribution in [-0.4, -0.2) is 30.5 Å². The van der Waals surface area contributed by atoms with Gasteiger partial charge < -0.3 is 10.1 Å². The highest BCUT2D eigenvalue weighted by atomic mass is 32.2. The van der Waals surface area contributed by atoms with Crippen molar-refractivity contribution in [3.05, 3.63) is 48.7 Å². The number of ether oxygens (including phenoxy) is 1. The van der Waals surface area contributed by atoms with Crippen LogP contribution < -0.4 is 10.1 Å². The number of benzene rings is 1. The average Bonchev–Trinajstić information content (AvgIpc) is 2.48. The number of aromatic nitrogens is 1. The third kappa shape index (κ3) is 4.26. The number of nitrogens with one attached hydrogen (secondary N) is 1. The highest BCUT2D eigenvalue weighted by molar-refractivity contribution is 7.85. The molecule has 0 fully saturated rings. The molecule has 1 aromatic carbocycles. The zero-order valence-electron chi connectivity index (χ0n) is 10.8. The van der Waals surface area contributed by atoms with E-state index in [0.717, 1.165) is 0 Å². The smallest absolute Gasteiger partial charge is 0.294 e. The van der Waals surface area contributed by atoms with Gasteiger partial charge in [-0.1, -0.05) is 18.2 Å². The predicted octanol–water partition coefficient (Wildman–Crippen LogP) is 1.35. The molecule has 2 aromatic rings. The van der Waals surface area contributed by atoms with Crippen LogP contribution in [0.5, 0.6) is 5.75 Å². The van der Waals surface area contributed by atoms with Gasteiger partial charge in [0.1, 0.15) is 0 Å². The van der Waals surface area contributed by atoms with Gasteiger partial charge in [0.2, 0.25) is 0 Å². The van der Waals surface area contributed by atoms with Crippen LogP contribution in [0.2, 0.25) is 0 Å². The number of amides is 1. The molecule has 1 aromatic heterocycles. The van der Waals surface area contributed by atoms with Crippen LogP contribution >= 0.6 is 0 Å². The molecule has 0 spiro atoms. The average molecular weight is 308 g/mol. The third-order valence-electron chi connectivity index (χ3n) is 2.43. The first-order chi connectivity index (χ1) is 9.97. The van der Waals surface area contributed by atoms with Crippen LogP contribution in [0.25, 0.3) is 0 Å². The number of pyridine rings is 1. The summed E-state index contributed by atoms with van der Waals surface area (Å²) in [6, 6.07) is 10.9. The van der Waals surface area contributed by atoms with E-state index in [4.69, 9.17) is 9.29 Å². The molecule has 21 heavy (non-hydrogen) atoms. The number of nitrogens with zero attached hydrogens (tertiary/aromatic N) is 1. The minimum Gasteiger partial charge on any atom is -0.480 e. The van der Waals surface area contributed by atoms with E-state index in [1.165, 1.54) is 12.1 Å². The summed E-state index contributed by atoms with van der Waals surface area (Å²) in [6.07, 6.45) is 1.60. The van der Waals surface area contributed by atoms with Crippen molar-refractivity contribution in [2.45, 2.75) is 4.90 Å². The van der Waals surface area contributed by atoms with Gasteiger partial charge in [-0.05, 0) is 24.3 Å². The van der Waals surface area contributed by atoms with Gasteiger partial charge in [-0.2, -0.15) is 8.42 Å². The van der Waals surface area contributed by atoms with E-state index in [0.29, 0.717) is 11.6 Å². The van der Waals surface area contributed by atoms with Crippen molar-refractivity contribution in [1.82, 2.24) is 4.98 Å². The number of carbonyl (C=O) groups is 1. The number of anilines is 1. The summed E-state index contributed by atoms with van der Waals surface area (Å²) < 4.78 is 34.3. The number of hydrogen-bond donors (Lipinski definition) is 2. The first-order valence-electron chi connectivity index (χ1n) is 5.87. The Hall–Kier alpha value is -2.45. The van der Waals surface area contributed by atoms with Crippen LogP contribution in [0.4, 0.5) is 5.82 Å². The molecule has 1 amide bonds. The van der Waals surface area contributed by atoms with Gasteiger partial charge >= 0.3 is 0 Å². The maximum Gasteiger partial charge on any atom is 0.294 e. The Kier molecular flexibility index (Phi) is 4.51. The monoisotopic (exact) mass is 308 g/mol. The van der Waals surface area contributed by atoms with Gasteiger partial charge in [0.15, 0.2) is 18.2 Å². The Balaban J connectivity index is 0.000000155. The number of fused-ring (bicyclic) bond motifs is 1. The molecule has 0 radical (unpaired) electrons. The van der Waals surface area contributed by atoms with E-state index in [2.05, 4.69) is 10.3 Å². The van der Waals surface area contributed by atoms with Gasteiger partial charge in [0.05, 0.1) is 4.90 Å². The highest BCUT2D eigenvalue weighted by Gasteiger charge is 2.15. The van der Waals surface area contributed by atoms with Gasteiger partial charge in [0, 0.05) is 6.20 Å². The fourth-order valence-corrected chi connectivity index (χ4v) is 2.01. The van der Waals surface area contributed by atoms with Crippen LogP contribution in [0.3, 0.4) is 0 Å². The van der Waals surface area contributed by atoms with Gasteiger partial charge in [-0.15, -0.1) is 0 Å². The van der Waals surface area contributed by atoms with Gasteiger partial charge in [-0.3, -0.25) is 9.35 Å². The summed E-state index contributed by atoms with van der Waals surface area (Å²) in [6.45, 7) is 0.0820. The lowest BCUT2D eigenvalue weighted by atomic mass is 10.4. The lowest BCUT2D eigenvalue weighted by Crippen LogP contribution is -2.25. The van der Waals surface area contributed by atoms with Crippen molar-refractivity contribution in [3.8, 4) is 5.75 Å². The molecule has 0 bridgehead atoms. The first kappa shape index (κ1) is 14.9. The second-order valence-electron chi connectivity index (χ2n) is 3.98. The Labute approximate surface area is 121 Å². The van der Waals surface area contributed by atoms with E-state index >= 15 is 0 Å². The molecular weight excluding hydrogens is 296 g/mol. The van der Waals surface area contributed by atoms with Crippen molar-refractivity contribution in [2.75, 3.05) is 11.9 Å². The number of carbonyl (C=O) groups excluding carboxylic acids is 1. The Bertz CT molecular complexity index is 731. The molecule has 7 nitrogen and oxygen atoms in total. The summed E-state index contributed by atoms with van der Waals surface area (Å²) in [5.41, 5.74) is 0. The normalized spacial score (nSPS) is 13.1. The maximum atomic E-state index is 10.7. The Morgan fingerprint density at radius 3 is 2.48 bits per heavy atom. The number of hydrogen-bond acceptors (Lipinski definition) is 5. The highest BCUT2D eigenvalue weighted by Crippen LogP contribution is 2.23. The maximum absolute atomic E-state index is 10.7. The van der Waals surface area contributed by atoms with E-state index in [1.54, 1.807) is 36.5 Å². The Morgan fingerprint density at radius 1 is 1.14 bits per heavy atom. The predicted molar refractivity (Wildman–Crippen MR) is 74.6 cm³/mol. The molecule has 1 aliphatic rings. The summed E-state index contributed by atoms with van der Waals surface area (Å²) in [7, 11) is -4.00. The molecule has 2 heterocycles. The molecule has 2 N–H and O–H groups in total. The zero-order valence-corrected chi connectivity index (χ0v) is 11.6. The molecule has 110 valence electrons. The molecule has 1 aliphatic heterocycles. The quantitative estimate of drug-likeness (QED) is 0.770. The lowest BCUT2D eigenvalue weighted by molar-refractivity contribution is -0.118. The molecule has 0 saturated heterocycles. The second-order valence-corrected chi connectivity index (χ2v) is 5.40. The van der Waals surface area contributed by atoms with Crippen LogP contribution in [-0.2, 0) is 14.9 Å². The lowest BCUT2D eigenvalue weighted by Gasteiger charge is -2.15. The third-order valence-corrected chi connectivity index (χ3v) is 3.30. The van der Waals surface area contributed by atoms with Gasteiger partial charge in [-0.25, -0.2) is 4.98 Å². The minimum absolute atomic E-state index is 0.0741. The standard InChI is InChI=1S/C7H6N2O2.C6H6O3S/c10-6-4-11-5-2-1-3-8-7(5)9-6;7-10(8,9)6-4-2-1-3-5-6/h1-3H,4H2,(H,8,9,10);1-5H,(H,7,8,9). The van der Waals surface area contributed by atoms with E-state index < -0.39 is 10.1 Å². The SMILES string of the molecule is O=C1COc2cccnc2N1.O=S(=O)(O)c1ccccc1. The molecule has 0 aliphatic carbocycles. The minimum atomic E-state index is -4.00. The fourth-order valence-electron chi connectivity index (χ4n) is 1.50. The summed E-state index contributed by atoms with van der Waals surface area (Å²) in [5, 5.41) is 2.58. The number of rotatable bonds is 1. The van der Waals surface area contributed by atoms with Crippen molar-refractivity contribution in [1.29, 1.82) is 0 Å². The van der Waals surface area contributed by atoms with E-state index in [9.17, 15) is 13.2 Å². The fraction of sp³-hybridized carbons (Fsp3) is 0.0769.